The van der Waals surface area contributed by atoms with Gasteiger partial charge >= 0.3 is 0 Å². The standard InChI is InChI=1S/C10H8N2O3S/c13-9(7-3-4-15-6-7)11-12-10(14)8-2-1-5-16-8/h1-6H,(H,11,13)(H,12,14). The average Bonchev–Trinajstić information content (AvgIpc) is 2.95. The van der Waals surface area contributed by atoms with E-state index in [2.05, 4.69) is 10.9 Å². The Kier molecular flexibility index (Phi) is 3.02. The molecule has 0 fully saturated rings. The Morgan fingerprint density at radius 3 is 2.62 bits per heavy atom. The van der Waals surface area contributed by atoms with Crippen LogP contribution in [0.1, 0.15) is 20.0 Å². The molecule has 0 atom stereocenters. The summed E-state index contributed by atoms with van der Waals surface area (Å²) >= 11 is 1.30. The fraction of sp³-hybridized carbons (Fsp3) is 0. The summed E-state index contributed by atoms with van der Waals surface area (Å²) in [7, 11) is 0. The zero-order valence-electron chi connectivity index (χ0n) is 8.10. The number of rotatable bonds is 2. The zero-order chi connectivity index (χ0) is 11.4. The molecule has 2 rings (SSSR count). The van der Waals surface area contributed by atoms with E-state index in [1.165, 1.54) is 29.9 Å². The van der Waals surface area contributed by atoms with E-state index in [-0.39, 0.29) is 5.91 Å². The molecule has 0 aliphatic rings. The molecule has 0 aliphatic carbocycles. The summed E-state index contributed by atoms with van der Waals surface area (Å²) in [5, 5.41) is 1.78. The van der Waals surface area contributed by atoms with Crippen LogP contribution < -0.4 is 10.9 Å². The number of nitrogens with one attached hydrogen (secondary N) is 2. The summed E-state index contributed by atoms with van der Waals surface area (Å²) in [6.45, 7) is 0. The Balaban J connectivity index is 1.89. The van der Waals surface area contributed by atoms with Crippen molar-refractivity contribution in [3.63, 3.8) is 0 Å². The maximum Gasteiger partial charge on any atom is 0.279 e. The molecule has 0 unspecified atom stereocenters. The van der Waals surface area contributed by atoms with Crippen LogP contribution in [0.4, 0.5) is 0 Å². The molecule has 0 bridgehead atoms. The zero-order valence-corrected chi connectivity index (χ0v) is 8.91. The molecule has 2 aromatic rings. The Morgan fingerprint density at radius 1 is 1.19 bits per heavy atom. The van der Waals surface area contributed by atoms with Gasteiger partial charge < -0.3 is 4.42 Å². The largest absolute Gasteiger partial charge is 0.472 e. The number of hydrogen-bond donors (Lipinski definition) is 2. The Hall–Kier alpha value is -2.08. The third kappa shape index (κ3) is 2.29. The van der Waals surface area contributed by atoms with E-state index in [1.54, 1.807) is 17.5 Å². The molecule has 0 saturated heterocycles. The van der Waals surface area contributed by atoms with Crippen molar-refractivity contribution in [2.75, 3.05) is 0 Å². The van der Waals surface area contributed by atoms with Gasteiger partial charge in [0.15, 0.2) is 0 Å². The molecule has 2 heterocycles. The Labute approximate surface area is 95.0 Å². The van der Waals surface area contributed by atoms with Gasteiger partial charge in [-0.2, -0.15) is 0 Å². The molecule has 6 heteroatoms. The lowest BCUT2D eigenvalue weighted by Crippen LogP contribution is -2.41. The van der Waals surface area contributed by atoms with Crippen molar-refractivity contribution in [3.8, 4) is 0 Å². The first-order valence-electron chi connectivity index (χ1n) is 4.44. The van der Waals surface area contributed by atoms with Crippen molar-refractivity contribution in [1.29, 1.82) is 0 Å². The molecule has 0 spiro atoms. The predicted octanol–water partition coefficient (Wildman–Crippen LogP) is 1.42. The molecule has 5 nitrogen and oxygen atoms in total. The third-order valence-corrected chi connectivity index (χ3v) is 2.69. The molecule has 0 saturated carbocycles. The number of carbonyl (C=O) groups excluding carboxylic acids is 2. The van der Waals surface area contributed by atoms with E-state index in [0.717, 1.165) is 0 Å². The van der Waals surface area contributed by atoms with Crippen LogP contribution in [0.15, 0.2) is 40.5 Å². The second kappa shape index (κ2) is 4.63. The summed E-state index contributed by atoms with van der Waals surface area (Å²) in [4.78, 5) is 23.4. The van der Waals surface area contributed by atoms with Crippen LogP contribution in [0.2, 0.25) is 0 Å². The number of carbonyl (C=O) groups is 2. The number of hydrazine groups is 1. The molecule has 2 aromatic heterocycles. The fourth-order valence-electron chi connectivity index (χ4n) is 1.05. The quantitative estimate of drug-likeness (QED) is 0.774. The monoisotopic (exact) mass is 236 g/mol. The van der Waals surface area contributed by atoms with Gasteiger partial charge in [-0.05, 0) is 17.5 Å². The summed E-state index contributed by atoms with van der Waals surface area (Å²) in [5.74, 6) is -0.759. The first kappa shape index (κ1) is 10.4. The van der Waals surface area contributed by atoms with E-state index in [1.807, 2.05) is 0 Å². The highest BCUT2D eigenvalue weighted by atomic mass is 32.1. The molecule has 0 radical (unpaired) electrons. The van der Waals surface area contributed by atoms with E-state index >= 15 is 0 Å². The summed E-state index contributed by atoms with van der Waals surface area (Å²) < 4.78 is 4.74. The van der Waals surface area contributed by atoms with E-state index in [0.29, 0.717) is 10.4 Å². The molecule has 16 heavy (non-hydrogen) atoms. The van der Waals surface area contributed by atoms with Gasteiger partial charge in [-0.3, -0.25) is 20.4 Å². The smallest absolute Gasteiger partial charge is 0.279 e. The van der Waals surface area contributed by atoms with Crippen LogP contribution in [0, 0.1) is 0 Å². The van der Waals surface area contributed by atoms with E-state index < -0.39 is 5.91 Å². The SMILES string of the molecule is O=C(NNC(=O)c1cccs1)c1ccoc1. The lowest BCUT2D eigenvalue weighted by Gasteiger charge is -2.03. The van der Waals surface area contributed by atoms with Crippen molar-refractivity contribution < 1.29 is 14.0 Å². The van der Waals surface area contributed by atoms with Gasteiger partial charge in [-0.25, -0.2) is 0 Å². The van der Waals surface area contributed by atoms with Crippen LogP contribution in [-0.2, 0) is 0 Å². The molecular formula is C10H8N2O3S. The van der Waals surface area contributed by atoms with Crippen molar-refractivity contribution in [2.24, 2.45) is 0 Å². The minimum absolute atomic E-state index is 0.341. The minimum atomic E-state index is -0.418. The fourth-order valence-corrected chi connectivity index (χ4v) is 1.67. The van der Waals surface area contributed by atoms with E-state index in [4.69, 9.17) is 4.42 Å². The predicted molar refractivity (Wildman–Crippen MR) is 58.0 cm³/mol. The summed E-state index contributed by atoms with van der Waals surface area (Å²) in [6, 6.07) is 4.94. The van der Waals surface area contributed by atoms with Crippen LogP contribution in [0.25, 0.3) is 0 Å². The van der Waals surface area contributed by atoms with Crippen LogP contribution in [0.3, 0.4) is 0 Å². The van der Waals surface area contributed by atoms with Gasteiger partial charge in [0.25, 0.3) is 11.8 Å². The second-order valence-electron chi connectivity index (χ2n) is 2.90. The number of amides is 2. The maximum absolute atomic E-state index is 11.4. The topological polar surface area (TPSA) is 71.3 Å². The normalized spacial score (nSPS) is 9.75. The van der Waals surface area contributed by atoms with Gasteiger partial charge in [0.2, 0.25) is 0 Å². The second-order valence-corrected chi connectivity index (χ2v) is 3.85. The van der Waals surface area contributed by atoms with Crippen molar-refractivity contribution in [2.45, 2.75) is 0 Å². The van der Waals surface area contributed by atoms with Crippen LogP contribution >= 0.6 is 11.3 Å². The Morgan fingerprint density at radius 2 is 2.00 bits per heavy atom. The highest BCUT2D eigenvalue weighted by molar-refractivity contribution is 7.12. The maximum atomic E-state index is 11.4. The molecule has 0 aromatic carbocycles. The van der Waals surface area contributed by atoms with Gasteiger partial charge in [0.1, 0.15) is 6.26 Å². The molecule has 0 aliphatic heterocycles. The van der Waals surface area contributed by atoms with Gasteiger partial charge in [0.05, 0.1) is 16.7 Å². The van der Waals surface area contributed by atoms with Gasteiger partial charge in [-0.15, -0.1) is 11.3 Å². The first-order chi connectivity index (χ1) is 7.77. The highest BCUT2D eigenvalue weighted by Crippen LogP contribution is 2.07. The Bertz CT molecular complexity index is 430. The third-order valence-electron chi connectivity index (χ3n) is 1.82. The number of furan rings is 1. The highest BCUT2D eigenvalue weighted by Gasteiger charge is 2.09. The molecule has 2 amide bonds. The summed E-state index contributed by atoms with van der Waals surface area (Å²) in [6.07, 6.45) is 2.68. The lowest BCUT2D eigenvalue weighted by atomic mass is 10.3. The molecular weight excluding hydrogens is 228 g/mol. The van der Waals surface area contributed by atoms with Crippen molar-refractivity contribution in [3.05, 3.63) is 46.5 Å². The summed E-state index contributed by atoms with van der Waals surface area (Å²) in [5.41, 5.74) is 4.94. The average molecular weight is 236 g/mol. The van der Waals surface area contributed by atoms with Crippen molar-refractivity contribution in [1.82, 2.24) is 10.9 Å². The van der Waals surface area contributed by atoms with Crippen LogP contribution in [0.5, 0.6) is 0 Å². The minimum Gasteiger partial charge on any atom is -0.472 e. The van der Waals surface area contributed by atoms with Crippen LogP contribution in [-0.4, -0.2) is 11.8 Å². The van der Waals surface area contributed by atoms with Gasteiger partial charge in [-0.1, -0.05) is 6.07 Å². The van der Waals surface area contributed by atoms with E-state index in [9.17, 15) is 9.59 Å². The molecule has 82 valence electrons. The van der Waals surface area contributed by atoms with Crippen molar-refractivity contribution >= 4 is 23.2 Å². The van der Waals surface area contributed by atoms with Gasteiger partial charge in [0, 0.05) is 0 Å². The lowest BCUT2D eigenvalue weighted by molar-refractivity contribution is 0.0848. The first-order valence-corrected chi connectivity index (χ1v) is 5.32. The number of thiophene rings is 1. The molecule has 2 N–H and O–H groups in total. The number of hydrogen-bond acceptors (Lipinski definition) is 4.